The van der Waals surface area contributed by atoms with Crippen molar-refractivity contribution in [3.63, 3.8) is 0 Å². The summed E-state index contributed by atoms with van der Waals surface area (Å²) in [7, 11) is 0. The van der Waals surface area contributed by atoms with E-state index < -0.39 is 0 Å². The van der Waals surface area contributed by atoms with Gasteiger partial charge in [0.15, 0.2) is 0 Å². The maximum Gasteiger partial charge on any atom is 0.313 e. The van der Waals surface area contributed by atoms with Crippen LogP contribution in [0.2, 0.25) is 0 Å². The molecule has 0 aromatic carbocycles. The minimum absolute atomic E-state index is 0. The van der Waals surface area contributed by atoms with Gasteiger partial charge in [0.2, 0.25) is 0 Å². The molecule has 0 N–H and O–H groups in total. The molecule has 10 atom stereocenters. The molecule has 218 valence electrons. The number of rotatable bonds is 2. The van der Waals surface area contributed by atoms with Gasteiger partial charge in [-0.1, -0.05) is 43.7 Å². The average Bonchev–Trinajstić information content (AvgIpc) is 3.65. The second-order valence-electron chi connectivity index (χ2n) is 12.9. The van der Waals surface area contributed by atoms with E-state index in [0.29, 0.717) is 5.92 Å². The van der Waals surface area contributed by atoms with Gasteiger partial charge in [-0.15, -0.1) is 6.58 Å². The Bertz CT molecular complexity index is 1010. The van der Waals surface area contributed by atoms with Crippen LogP contribution >= 0.6 is 0 Å². The Labute approximate surface area is 235 Å². The van der Waals surface area contributed by atoms with E-state index in [1.807, 2.05) is 0 Å². The van der Waals surface area contributed by atoms with Crippen LogP contribution in [0.1, 0.15) is 99.8 Å². The molecular weight excluding hydrogens is 492 g/mol. The zero-order chi connectivity index (χ0) is 27.2. The van der Waals surface area contributed by atoms with Crippen LogP contribution in [0.3, 0.4) is 0 Å². The molecule has 4 aliphatic heterocycles. The highest BCUT2D eigenvalue weighted by Gasteiger charge is 2.63. The highest BCUT2D eigenvalue weighted by atomic mass is 16.7. The monoisotopic (exact) mass is 542 g/mol. The van der Waals surface area contributed by atoms with E-state index in [9.17, 15) is 9.59 Å². The van der Waals surface area contributed by atoms with Crippen LogP contribution in [0.15, 0.2) is 36.0 Å². The first-order valence-electron chi connectivity index (χ1n) is 14.8. The Morgan fingerprint density at radius 2 is 1.36 bits per heavy atom. The van der Waals surface area contributed by atoms with Gasteiger partial charge in [0.05, 0.1) is 23.0 Å². The predicted molar refractivity (Wildman–Crippen MR) is 152 cm³/mol. The number of fused-ring (bicyclic) bond motifs is 6. The Balaban J connectivity index is 0.000000176. The van der Waals surface area contributed by atoms with Gasteiger partial charge in [-0.2, -0.15) is 0 Å². The summed E-state index contributed by atoms with van der Waals surface area (Å²) in [5, 5.41) is 0. The van der Waals surface area contributed by atoms with Gasteiger partial charge in [0.25, 0.3) is 0 Å². The van der Waals surface area contributed by atoms with Crippen molar-refractivity contribution < 1.29 is 28.5 Å². The molecule has 6 heteroatoms. The summed E-state index contributed by atoms with van der Waals surface area (Å²) in [6.07, 6.45) is 15.7. The van der Waals surface area contributed by atoms with Gasteiger partial charge >= 0.3 is 11.9 Å². The summed E-state index contributed by atoms with van der Waals surface area (Å²) in [6, 6.07) is 0. The largest absolute Gasteiger partial charge is 0.459 e. The molecule has 1 unspecified atom stereocenters. The molecular formula is C33H50O6. The van der Waals surface area contributed by atoms with Crippen molar-refractivity contribution in [2.24, 2.45) is 23.7 Å². The van der Waals surface area contributed by atoms with Crippen molar-refractivity contribution in [3.8, 4) is 0 Å². The molecule has 0 saturated carbocycles. The molecule has 2 aliphatic carbocycles. The van der Waals surface area contributed by atoms with Gasteiger partial charge in [0.1, 0.15) is 24.4 Å². The average molecular weight is 543 g/mol. The fourth-order valence-electron chi connectivity index (χ4n) is 7.36. The van der Waals surface area contributed by atoms with E-state index >= 15 is 0 Å². The SMILES string of the molecule is C.C=CC1C(=O)O[C@H]2[C@H]1CC/C(C)=C/CC[C@@]1(C)O[C@@H]21.CC[C@@H]1C(=O)O[C@H]2[C@H]1CC/C(C)=C/CC[C@@]1(C)O[C@@H]21. The molecule has 0 aromatic rings. The lowest BCUT2D eigenvalue weighted by molar-refractivity contribution is -0.145. The number of ether oxygens (including phenoxy) is 4. The number of carbonyl (C=O) groups is 2. The van der Waals surface area contributed by atoms with E-state index in [1.165, 1.54) is 11.1 Å². The Hall–Kier alpha value is -1.92. The number of carbonyl (C=O) groups excluding carboxylic acids is 2. The maximum absolute atomic E-state index is 12.0. The van der Waals surface area contributed by atoms with Crippen molar-refractivity contribution in [2.45, 2.75) is 135 Å². The Morgan fingerprint density at radius 3 is 1.87 bits per heavy atom. The zero-order valence-electron chi connectivity index (χ0n) is 23.9. The van der Waals surface area contributed by atoms with E-state index in [-0.39, 0.29) is 72.7 Å². The summed E-state index contributed by atoms with van der Waals surface area (Å²) < 4.78 is 23.1. The number of hydrogen-bond donors (Lipinski definition) is 0. The molecule has 6 aliphatic rings. The van der Waals surface area contributed by atoms with Gasteiger partial charge in [-0.05, 0) is 85.5 Å². The second kappa shape index (κ2) is 11.5. The summed E-state index contributed by atoms with van der Waals surface area (Å²) in [5.41, 5.74) is 2.67. The van der Waals surface area contributed by atoms with Crippen molar-refractivity contribution in [1.82, 2.24) is 0 Å². The van der Waals surface area contributed by atoms with Crippen molar-refractivity contribution in [1.29, 1.82) is 0 Å². The highest BCUT2D eigenvalue weighted by Crippen LogP contribution is 2.51. The van der Waals surface area contributed by atoms with Crippen LogP contribution < -0.4 is 0 Å². The number of esters is 2. The first-order valence-corrected chi connectivity index (χ1v) is 14.8. The topological polar surface area (TPSA) is 77.7 Å². The quantitative estimate of drug-likeness (QED) is 0.215. The third-order valence-electron chi connectivity index (χ3n) is 10.1. The molecule has 0 aromatic heterocycles. The second-order valence-corrected chi connectivity index (χ2v) is 12.9. The molecule has 4 heterocycles. The van der Waals surface area contributed by atoms with E-state index in [1.54, 1.807) is 6.08 Å². The van der Waals surface area contributed by atoms with Gasteiger partial charge in [0, 0.05) is 11.8 Å². The Morgan fingerprint density at radius 1 is 0.872 bits per heavy atom. The number of epoxide rings is 2. The summed E-state index contributed by atoms with van der Waals surface area (Å²) in [4.78, 5) is 24.0. The summed E-state index contributed by atoms with van der Waals surface area (Å²) in [6.45, 7) is 14.5. The normalized spacial score (nSPS) is 47.2. The zero-order valence-corrected chi connectivity index (χ0v) is 23.9. The molecule has 4 fully saturated rings. The number of allylic oxidation sites excluding steroid dienone is 4. The maximum atomic E-state index is 12.0. The lowest BCUT2D eigenvalue weighted by atomic mass is 9.80. The highest BCUT2D eigenvalue weighted by molar-refractivity contribution is 5.77. The minimum Gasteiger partial charge on any atom is -0.459 e. The van der Waals surface area contributed by atoms with Crippen LogP contribution in [0.4, 0.5) is 0 Å². The standard InChI is InChI=1S/C16H24O3.C16H22O3.CH4/c2*1-4-11-12-8-7-10(2)6-5-9-16(3)14(19-16)13(12)18-15(11)17;/h6,11-14H,4-5,7-9H2,1-3H3;4,6,11-14H,1,5,7-9H2,2-3H3;1H4/b2*10-6+;/t11-,12-,13-,14-,16+;11?,12-,13-,14-,16+;/m00./s1. The molecule has 39 heavy (non-hydrogen) atoms. The van der Waals surface area contributed by atoms with Crippen molar-refractivity contribution in [2.75, 3.05) is 0 Å². The first kappa shape index (κ1) is 30.0. The van der Waals surface area contributed by atoms with E-state index in [0.717, 1.165) is 57.8 Å². The fourth-order valence-corrected chi connectivity index (χ4v) is 7.36. The molecule has 0 amide bonds. The summed E-state index contributed by atoms with van der Waals surface area (Å²) >= 11 is 0. The smallest absolute Gasteiger partial charge is 0.313 e. The molecule has 6 rings (SSSR count). The minimum atomic E-state index is -0.161. The third kappa shape index (κ3) is 5.93. The lowest BCUT2D eigenvalue weighted by Gasteiger charge is -2.21. The Kier molecular flexibility index (Phi) is 8.88. The fraction of sp³-hybridized carbons (Fsp3) is 0.758. The van der Waals surface area contributed by atoms with Gasteiger partial charge in [-0.3, -0.25) is 9.59 Å². The molecule has 0 spiro atoms. The van der Waals surface area contributed by atoms with Crippen LogP contribution in [-0.4, -0.2) is 47.6 Å². The molecule has 6 nitrogen and oxygen atoms in total. The van der Waals surface area contributed by atoms with Gasteiger partial charge < -0.3 is 18.9 Å². The van der Waals surface area contributed by atoms with E-state index in [4.69, 9.17) is 18.9 Å². The van der Waals surface area contributed by atoms with Gasteiger partial charge in [-0.25, -0.2) is 0 Å². The van der Waals surface area contributed by atoms with Crippen molar-refractivity contribution >= 4 is 11.9 Å². The molecule has 4 saturated heterocycles. The van der Waals surface area contributed by atoms with Crippen molar-refractivity contribution in [3.05, 3.63) is 36.0 Å². The predicted octanol–water partition coefficient (Wildman–Crippen LogP) is 6.88. The van der Waals surface area contributed by atoms with E-state index in [2.05, 4.69) is 53.3 Å². The third-order valence-corrected chi connectivity index (χ3v) is 10.1. The van der Waals surface area contributed by atoms with Crippen LogP contribution in [0, 0.1) is 23.7 Å². The lowest BCUT2D eigenvalue weighted by Crippen LogP contribution is -2.30. The van der Waals surface area contributed by atoms with Crippen LogP contribution in [0.5, 0.6) is 0 Å². The van der Waals surface area contributed by atoms with Crippen LogP contribution in [-0.2, 0) is 28.5 Å². The molecule has 0 radical (unpaired) electrons. The first-order chi connectivity index (χ1) is 18.1. The number of hydrogen-bond acceptors (Lipinski definition) is 6. The van der Waals surface area contributed by atoms with Crippen LogP contribution in [0.25, 0.3) is 0 Å². The molecule has 0 bridgehead atoms. The summed E-state index contributed by atoms with van der Waals surface area (Å²) in [5.74, 6) is 0.348.